The third-order valence-electron chi connectivity index (χ3n) is 5.24. The molecule has 0 radical (unpaired) electrons. The van der Waals surface area contributed by atoms with E-state index in [1.807, 2.05) is 0 Å². The van der Waals surface area contributed by atoms with Crippen LogP contribution in [0.3, 0.4) is 0 Å². The van der Waals surface area contributed by atoms with Crippen LogP contribution < -0.4 is 11.3 Å². The maximum Gasteiger partial charge on any atom is 0.299 e. The summed E-state index contributed by atoms with van der Waals surface area (Å²) in [5.74, 6) is 0. The van der Waals surface area contributed by atoms with Crippen molar-refractivity contribution in [3.63, 3.8) is 0 Å². The van der Waals surface area contributed by atoms with E-state index in [4.69, 9.17) is 5.73 Å². The minimum absolute atomic E-state index is 0.158. The molecule has 4 aromatic rings. The molecule has 0 aliphatic carbocycles. The molecule has 4 rings (SSSR count). The molecule has 0 spiro atoms. The maximum atomic E-state index is 13.1. The highest BCUT2D eigenvalue weighted by molar-refractivity contribution is 7.86. The number of nitrogens with two attached hydrogens (primary N) is 1. The Kier molecular flexibility index (Phi) is 5.84. The second-order valence-corrected chi connectivity index (χ2v) is 10.5. The van der Waals surface area contributed by atoms with Crippen molar-refractivity contribution < 1.29 is 25.9 Å². The quantitative estimate of drug-likeness (QED) is 0.175. The molecular formula is C21H19N5O7S2. The van der Waals surface area contributed by atoms with E-state index in [0.717, 1.165) is 10.7 Å². The second-order valence-electron chi connectivity index (χ2n) is 7.72. The van der Waals surface area contributed by atoms with E-state index in [-0.39, 0.29) is 38.7 Å². The lowest BCUT2D eigenvalue weighted by Crippen LogP contribution is -2.14. The van der Waals surface area contributed by atoms with Gasteiger partial charge in [0.25, 0.3) is 25.8 Å². The first-order valence-electron chi connectivity index (χ1n) is 9.89. The van der Waals surface area contributed by atoms with Gasteiger partial charge < -0.3 is 5.73 Å². The monoisotopic (exact) mass is 517 g/mol. The molecule has 0 bridgehead atoms. The molecule has 0 fully saturated rings. The molecule has 12 nitrogen and oxygen atoms in total. The normalized spacial score (nSPS) is 12.6. The SMILES string of the molecule is Cc1[nH]n(-c2cc(C)c3cccc(S(=O)(=O)O)c3c2)c(=O)c1N=Nc1cc(N)ccc1S(=O)(=O)O. The predicted molar refractivity (Wildman–Crippen MR) is 128 cm³/mol. The van der Waals surface area contributed by atoms with E-state index in [1.165, 1.54) is 37.3 Å². The first-order valence-corrected chi connectivity index (χ1v) is 12.8. The number of aromatic amines is 1. The highest BCUT2D eigenvalue weighted by Crippen LogP contribution is 2.30. The van der Waals surface area contributed by atoms with Crippen molar-refractivity contribution in [1.82, 2.24) is 9.78 Å². The number of anilines is 1. The van der Waals surface area contributed by atoms with Crippen molar-refractivity contribution in [2.24, 2.45) is 10.2 Å². The number of H-pyrrole nitrogens is 1. The van der Waals surface area contributed by atoms with Crippen molar-refractivity contribution in [1.29, 1.82) is 0 Å². The largest absolute Gasteiger partial charge is 0.399 e. The number of nitrogens with zero attached hydrogens (tertiary/aromatic N) is 3. The Morgan fingerprint density at radius 1 is 0.886 bits per heavy atom. The summed E-state index contributed by atoms with van der Waals surface area (Å²) in [5, 5.41) is 11.3. The van der Waals surface area contributed by atoms with Crippen LogP contribution in [0.2, 0.25) is 0 Å². The lowest BCUT2D eigenvalue weighted by molar-refractivity contribution is 0.481. The summed E-state index contributed by atoms with van der Waals surface area (Å²) in [6.07, 6.45) is 0. The van der Waals surface area contributed by atoms with Gasteiger partial charge in [-0.1, -0.05) is 12.1 Å². The van der Waals surface area contributed by atoms with Crippen LogP contribution in [0, 0.1) is 13.8 Å². The number of aryl methyl sites for hydroxylation is 2. The van der Waals surface area contributed by atoms with Crippen LogP contribution in [0.15, 0.2) is 73.3 Å². The molecule has 0 saturated carbocycles. The molecule has 5 N–H and O–H groups in total. The number of benzene rings is 3. The Bertz CT molecular complexity index is 1800. The molecule has 1 aromatic heterocycles. The van der Waals surface area contributed by atoms with Crippen LogP contribution in [0.5, 0.6) is 0 Å². The third-order valence-corrected chi connectivity index (χ3v) is 7.06. The number of aromatic nitrogens is 2. The Hall–Kier alpha value is -3.85. The van der Waals surface area contributed by atoms with Gasteiger partial charge in [-0.3, -0.25) is 19.0 Å². The zero-order chi connectivity index (χ0) is 25.7. The van der Waals surface area contributed by atoms with Gasteiger partial charge >= 0.3 is 0 Å². The Balaban J connectivity index is 1.87. The van der Waals surface area contributed by atoms with Gasteiger partial charge in [-0.25, -0.2) is 4.68 Å². The van der Waals surface area contributed by atoms with Crippen LogP contribution in [-0.2, 0) is 20.2 Å². The number of nitrogens with one attached hydrogen (secondary N) is 1. The number of nitrogen functional groups attached to an aromatic ring is 1. The van der Waals surface area contributed by atoms with E-state index in [1.54, 1.807) is 19.1 Å². The van der Waals surface area contributed by atoms with Crippen molar-refractivity contribution in [2.75, 3.05) is 5.73 Å². The number of fused-ring (bicyclic) bond motifs is 1. The molecule has 14 heteroatoms. The van der Waals surface area contributed by atoms with Gasteiger partial charge in [0.2, 0.25) is 0 Å². The molecule has 0 saturated heterocycles. The van der Waals surface area contributed by atoms with Crippen LogP contribution in [0.4, 0.5) is 17.1 Å². The minimum atomic E-state index is -4.62. The fourth-order valence-corrected chi connectivity index (χ4v) is 4.95. The lowest BCUT2D eigenvalue weighted by Gasteiger charge is -2.10. The smallest absolute Gasteiger partial charge is 0.299 e. The molecule has 0 aliphatic heterocycles. The van der Waals surface area contributed by atoms with E-state index in [9.17, 15) is 30.7 Å². The van der Waals surface area contributed by atoms with E-state index < -0.39 is 30.7 Å². The predicted octanol–water partition coefficient (Wildman–Crippen LogP) is 3.43. The van der Waals surface area contributed by atoms with Crippen LogP contribution >= 0.6 is 0 Å². The maximum absolute atomic E-state index is 13.1. The van der Waals surface area contributed by atoms with E-state index >= 15 is 0 Å². The van der Waals surface area contributed by atoms with Crippen molar-refractivity contribution in [3.8, 4) is 5.69 Å². The zero-order valence-corrected chi connectivity index (χ0v) is 19.9. The van der Waals surface area contributed by atoms with Crippen LogP contribution in [0.25, 0.3) is 16.5 Å². The summed E-state index contributed by atoms with van der Waals surface area (Å²) in [7, 11) is -9.15. The number of rotatable bonds is 5. The summed E-state index contributed by atoms with van der Waals surface area (Å²) in [4.78, 5) is 12.3. The minimum Gasteiger partial charge on any atom is -0.399 e. The molecule has 3 aromatic carbocycles. The lowest BCUT2D eigenvalue weighted by atomic mass is 10.0. The summed E-state index contributed by atoms with van der Waals surface area (Å²) in [6, 6.07) is 11.0. The zero-order valence-electron chi connectivity index (χ0n) is 18.3. The van der Waals surface area contributed by atoms with Crippen molar-refractivity contribution in [3.05, 3.63) is 70.1 Å². The summed E-state index contributed by atoms with van der Waals surface area (Å²) in [6.45, 7) is 3.25. The summed E-state index contributed by atoms with van der Waals surface area (Å²) in [5.41, 5.74) is 5.93. The summed E-state index contributed by atoms with van der Waals surface area (Å²) < 4.78 is 67.1. The molecule has 0 unspecified atom stereocenters. The molecule has 1 heterocycles. The first-order chi connectivity index (χ1) is 16.3. The van der Waals surface area contributed by atoms with Crippen molar-refractivity contribution >= 4 is 48.1 Å². The Morgan fingerprint density at radius 3 is 2.23 bits per heavy atom. The Labute approximate surface area is 199 Å². The highest BCUT2D eigenvalue weighted by atomic mass is 32.2. The second kappa shape index (κ2) is 8.42. The number of hydrogen-bond donors (Lipinski definition) is 4. The standard InChI is InChI=1S/C21H19N5O7S2/c1-11-8-14(10-16-15(11)4-3-5-18(16)34(28,29)30)26-21(27)20(12(2)25-26)24-23-17-9-13(22)6-7-19(17)35(31,32)33/h3-10,25H,22H2,1-2H3,(H,28,29,30)(H,31,32,33). The van der Waals surface area contributed by atoms with Gasteiger partial charge in [-0.15, -0.1) is 10.2 Å². The van der Waals surface area contributed by atoms with Gasteiger partial charge in [0.15, 0.2) is 5.69 Å². The number of azo groups is 1. The van der Waals surface area contributed by atoms with E-state index in [0.29, 0.717) is 10.9 Å². The summed E-state index contributed by atoms with van der Waals surface area (Å²) >= 11 is 0. The fraction of sp³-hybridized carbons (Fsp3) is 0.0952. The Morgan fingerprint density at radius 2 is 1.57 bits per heavy atom. The highest BCUT2D eigenvalue weighted by Gasteiger charge is 2.19. The molecule has 35 heavy (non-hydrogen) atoms. The number of hydrogen-bond acceptors (Lipinski definition) is 8. The molecule has 0 atom stereocenters. The van der Waals surface area contributed by atoms with Gasteiger partial charge in [0.05, 0.1) is 11.4 Å². The average Bonchev–Trinajstić information content (AvgIpc) is 3.03. The van der Waals surface area contributed by atoms with E-state index in [2.05, 4.69) is 15.3 Å². The van der Waals surface area contributed by atoms with Crippen LogP contribution in [0.1, 0.15) is 11.3 Å². The molecule has 0 aliphatic rings. The third kappa shape index (κ3) is 4.59. The van der Waals surface area contributed by atoms with Gasteiger partial charge in [-0.05, 0) is 61.2 Å². The van der Waals surface area contributed by atoms with Gasteiger partial charge in [-0.2, -0.15) is 16.8 Å². The average molecular weight is 518 g/mol. The fourth-order valence-electron chi connectivity index (χ4n) is 3.65. The van der Waals surface area contributed by atoms with Gasteiger partial charge in [0, 0.05) is 11.1 Å². The molecular weight excluding hydrogens is 498 g/mol. The molecule has 0 amide bonds. The molecule has 182 valence electrons. The first kappa shape index (κ1) is 24.3. The topological polar surface area (TPSA) is 197 Å². The van der Waals surface area contributed by atoms with Crippen molar-refractivity contribution in [2.45, 2.75) is 23.6 Å². The van der Waals surface area contributed by atoms with Crippen LogP contribution in [-0.4, -0.2) is 35.7 Å². The van der Waals surface area contributed by atoms with Gasteiger partial charge in [0.1, 0.15) is 15.5 Å².